The fourth-order valence-electron chi connectivity index (χ4n) is 3.12. The Morgan fingerprint density at radius 1 is 0.941 bits per heavy atom. The Bertz CT molecular complexity index is 1070. The summed E-state index contributed by atoms with van der Waals surface area (Å²) in [4.78, 5) is 27.4. The number of unbranched alkanes of at least 4 members (excludes halogenated alkanes) is 1. The van der Waals surface area contributed by atoms with Crippen LogP contribution in [0.25, 0.3) is 6.08 Å². The van der Waals surface area contributed by atoms with E-state index in [1.165, 1.54) is 11.6 Å². The van der Waals surface area contributed by atoms with Crippen molar-refractivity contribution in [1.29, 1.82) is 0 Å². The van der Waals surface area contributed by atoms with E-state index < -0.39 is 5.97 Å². The monoisotopic (exact) mass is 479 g/mol. The Balaban J connectivity index is 1.35. The molecule has 6 nitrogen and oxygen atoms in total. The molecule has 0 saturated heterocycles. The maximum Gasteiger partial charge on any atom is 0.366 e. The van der Waals surface area contributed by atoms with Crippen LogP contribution in [0.5, 0.6) is 11.5 Å². The van der Waals surface area contributed by atoms with Crippen LogP contribution in [0.3, 0.4) is 0 Å². The number of hydrogen-bond acceptors (Lipinski definition) is 7. The molecule has 3 aromatic rings. The SMILES string of the molecule is COc1ccc(CCCCOOC(=O)C=Cc2cccc(CSc3ccccc3OC)n2)cc1. The number of rotatable bonds is 13. The van der Waals surface area contributed by atoms with E-state index in [-0.39, 0.29) is 0 Å². The molecule has 0 radical (unpaired) electrons. The Morgan fingerprint density at radius 2 is 1.76 bits per heavy atom. The van der Waals surface area contributed by atoms with Gasteiger partial charge in [0.15, 0.2) is 0 Å². The third-order valence-electron chi connectivity index (χ3n) is 4.91. The Labute approximate surface area is 204 Å². The van der Waals surface area contributed by atoms with Gasteiger partial charge in [0.25, 0.3) is 0 Å². The summed E-state index contributed by atoms with van der Waals surface area (Å²) in [7, 11) is 3.31. The van der Waals surface area contributed by atoms with Crippen LogP contribution in [-0.2, 0) is 26.7 Å². The molecular formula is C27H29NO5S. The lowest BCUT2D eigenvalue weighted by molar-refractivity contribution is -0.267. The molecule has 2 aromatic carbocycles. The van der Waals surface area contributed by atoms with E-state index in [0.29, 0.717) is 18.1 Å². The summed E-state index contributed by atoms with van der Waals surface area (Å²) in [6.07, 6.45) is 5.59. The van der Waals surface area contributed by atoms with Gasteiger partial charge in [0.05, 0.1) is 32.2 Å². The van der Waals surface area contributed by atoms with E-state index in [0.717, 1.165) is 41.4 Å². The fourth-order valence-corrected chi connectivity index (χ4v) is 4.06. The van der Waals surface area contributed by atoms with Crippen molar-refractivity contribution in [1.82, 2.24) is 4.98 Å². The number of methoxy groups -OCH3 is 2. The van der Waals surface area contributed by atoms with Gasteiger partial charge in [0.1, 0.15) is 11.5 Å². The number of ether oxygens (including phenoxy) is 2. The number of aryl methyl sites for hydroxylation is 1. The Morgan fingerprint density at radius 3 is 2.56 bits per heavy atom. The van der Waals surface area contributed by atoms with Crippen LogP contribution in [-0.4, -0.2) is 31.8 Å². The third-order valence-corrected chi connectivity index (χ3v) is 5.99. The fraction of sp³-hybridized carbons (Fsp3) is 0.259. The van der Waals surface area contributed by atoms with Gasteiger partial charge >= 0.3 is 5.97 Å². The normalized spacial score (nSPS) is 10.9. The molecule has 3 rings (SSSR count). The van der Waals surface area contributed by atoms with Crippen LogP contribution in [0.4, 0.5) is 0 Å². The molecule has 0 spiro atoms. The van der Waals surface area contributed by atoms with Gasteiger partial charge in [-0.3, -0.25) is 9.87 Å². The average Bonchev–Trinajstić information content (AvgIpc) is 2.89. The van der Waals surface area contributed by atoms with Gasteiger partial charge in [-0.05, 0) is 67.3 Å². The summed E-state index contributed by atoms with van der Waals surface area (Å²) in [5.41, 5.74) is 2.81. The maximum atomic E-state index is 11.9. The smallest absolute Gasteiger partial charge is 0.366 e. The summed E-state index contributed by atoms with van der Waals surface area (Å²) in [6.45, 7) is 0.351. The van der Waals surface area contributed by atoms with Gasteiger partial charge in [-0.15, -0.1) is 11.8 Å². The van der Waals surface area contributed by atoms with Gasteiger partial charge in [-0.1, -0.05) is 30.3 Å². The van der Waals surface area contributed by atoms with Crippen LogP contribution in [0.15, 0.2) is 77.7 Å². The first-order valence-electron chi connectivity index (χ1n) is 11.0. The minimum atomic E-state index is -0.564. The number of carbonyl (C=O) groups excluding carboxylic acids is 1. The lowest BCUT2D eigenvalue weighted by Crippen LogP contribution is -2.03. The number of benzene rings is 2. The van der Waals surface area contributed by atoms with Crippen molar-refractivity contribution < 1.29 is 24.0 Å². The highest BCUT2D eigenvalue weighted by molar-refractivity contribution is 7.98. The van der Waals surface area contributed by atoms with Crippen molar-refractivity contribution >= 4 is 23.8 Å². The van der Waals surface area contributed by atoms with Crippen LogP contribution < -0.4 is 9.47 Å². The van der Waals surface area contributed by atoms with E-state index in [2.05, 4.69) is 4.98 Å². The predicted octanol–water partition coefficient (Wildman–Crippen LogP) is 5.90. The first-order chi connectivity index (χ1) is 16.7. The second kappa shape index (κ2) is 14.1. The van der Waals surface area contributed by atoms with Crippen molar-refractivity contribution in [2.75, 3.05) is 20.8 Å². The van der Waals surface area contributed by atoms with E-state index in [1.807, 2.05) is 66.7 Å². The molecule has 0 aliphatic heterocycles. The molecule has 0 aliphatic rings. The number of carbonyl (C=O) groups is 1. The zero-order chi connectivity index (χ0) is 24.0. The second-order valence-electron chi connectivity index (χ2n) is 7.36. The number of hydrogen-bond donors (Lipinski definition) is 0. The number of nitrogens with zero attached hydrogens (tertiary/aromatic N) is 1. The molecule has 0 N–H and O–H groups in total. The van der Waals surface area contributed by atoms with Crippen molar-refractivity contribution in [2.45, 2.75) is 29.9 Å². The molecule has 0 unspecified atom stereocenters. The van der Waals surface area contributed by atoms with Gasteiger partial charge in [-0.2, -0.15) is 4.89 Å². The predicted molar refractivity (Wildman–Crippen MR) is 134 cm³/mol. The van der Waals surface area contributed by atoms with E-state index in [1.54, 1.807) is 32.1 Å². The first kappa shape index (κ1) is 25.3. The van der Waals surface area contributed by atoms with Crippen LogP contribution in [0.2, 0.25) is 0 Å². The van der Waals surface area contributed by atoms with E-state index in [9.17, 15) is 4.79 Å². The average molecular weight is 480 g/mol. The molecule has 178 valence electrons. The molecule has 1 heterocycles. The van der Waals surface area contributed by atoms with Gasteiger partial charge in [0, 0.05) is 16.7 Å². The van der Waals surface area contributed by atoms with E-state index >= 15 is 0 Å². The molecule has 0 atom stereocenters. The highest BCUT2D eigenvalue weighted by Crippen LogP contribution is 2.30. The largest absolute Gasteiger partial charge is 0.497 e. The Kier molecular flexibility index (Phi) is 10.5. The maximum absolute atomic E-state index is 11.9. The summed E-state index contributed by atoms with van der Waals surface area (Å²) in [5.74, 6) is 1.81. The number of thioether (sulfide) groups is 1. The summed E-state index contributed by atoms with van der Waals surface area (Å²) in [6, 6.07) is 21.6. The van der Waals surface area contributed by atoms with Crippen molar-refractivity contribution in [3.8, 4) is 11.5 Å². The molecule has 0 amide bonds. The summed E-state index contributed by atoms with van der Waals surface area (Å²) < 4.78 is 10.5. The van der Waals surface area contributed by atoms with Gasteiger partial charge in [-0.25, -0.2) is 4.79 Å². The summed E-state index contributed by atoms with van der Waals surface area (Å²) in [5, 5.41) is 0. The Hall–Kier alpha value is -3.29. The zero-order valence-corrected chi connectivity index (χ0v) is 20.3. The van der Waals surface area contributed by atoms with Gasteiger partial charge < -0.3 is 9.47 Å². The van der Waals surface area contributed by atoms with E-state index in [4.69, 9.17) is 19.2 Å². The topological polar surface area (TPSA) is 66.9 Å². The lowest BCUT2D eigenvalue weighted by Gasteiger charge is -2.07. The number of para-hydroxylation sites is 1. The molecule has 7 heteroatoms. The highest BCUT2D eigenvalue weighted by atomic mass is 32.2. The number of aromatic nitrogens is 1. The molecular weight excluding hydrogens is 450 g/mol. The zero-order valence-electron chi connectivity index (χ0n) is 19.4. The van der Waals surface area contributed by atoms with Crippen molar-refractivity contribution in [3.63, 3.8) is 0 Å². The van der Waals surface area contributed by atoms with Crippen molar-refractivity contribution in [3.05, 3.63) is 89.8 Å². The van der Waals surface area contributed by atoms with Crippen LogP contribution in [0.1, 0.15) is 29.8 Å². The molecule has 0 aliphatic carbocycles. The van der Waals surface area contributed by atoms with Crippen LogP contribution in [0, 0.1) is 0 Å². The second-order valence-corrected chi connectivity index (χ2v) is 8.37. The highest BCUT2D eigenvalue weighted by Gasteiger charge is 2.05. The first-order valence-corrected chi connectivity index (χ1v) is 12.0. The van der Waals surface area contributed by atoms with Crippen molar-refractivity contribution in [2.24, 2.45) is 0 Å². The lowest BCUT2D eigenvalue weighted by atomic mass is 10.1. The number of pyridine rings is 1. The third kappa shape index (κ3) is 8.57. The molecule has 0 bridgehead atoms. The van der Waals surface area contributed by atoms with Crippen LogP contribution >= 0.6 is 11.8 Å². The minimum absolute atomic E-state index is 0.351. The minimum Gasteiger partial charge on any atom is -0.497 e. The standard InChI is InChI=1S/C27H29NO5S/c1-30-24-16-13-21(14-17-24)8-5-6-19-32-33-27(29)18-15-22-9-7-10-23(28-22)20-34-26-12-4-3-11-25(26)31-2/h3-4,7,9-18H,5-6,8,19-20H2,1-2H3. The van der Waals surface area contributed by atoms with Gasteiger partial charge in [0.2, 0.25) is 0 Å². The quantitative estimate of drug-likeness (QED) is 0.0994. The molecule has 0 fully saturated rings. The molecule has 34 heavy (non-hydrogen) atoms. The summed E-state index contributed by atoms with van der Waals surface area (Å²) >= 11 is 1.65. The molecule has 1 aromatic heterocycles. The molecule has 0 saturated carbocycles.